The smallest absolute Gasteiger partial charge is 0.148 e. The molecule has 5 rings (SSSR count). The van der Waals surface area contributed by atoms with Crippen LogP contribution in [0.2, 0.25) is 5.02 Å². The minimum Gasteiger partial charge on any atom is -0.366 e. The van der Waals surface area contributed by atoms with Crippen LogP contribution in [-0.2, 0) is 0 Å². The number of hydrogen-bond acceptors (Lipinski definition) is 4. The predicted molar refractivity (Wildman–Crippen MR) is 110 cm³/mol. The summed E-state index contributed by atoms with van der Waals surface area (Å²) in [6.07, 6.45) is 8.06. The molecule has 1 saturated heterocycles. The van der Waals surface area contributed by atoms with E-state index in [0.717, 1.165) is 23.7 Å². The molecule has 4 nitrogen and oxygen atoms in total. The summed E-state index contributed by atoms with van der Waals surface area (Å²) in [5.41, 5.74) is 1.16. The van der Waals surface area contributed by atoms with Crippen LogP contribution in [0.3, 0.4) is 0 Å². The van der Waals surface area contributed by atoms with Gasteiger partial charge >= 0.3 is 0 Å². The third kappa shape index (κ3) is 3.62. The molecular weight excluding hydrogens is 375 g/mol. The Morgan fingerprint density at radius 1 is 1.00 bits per heavy atom. The normalized spacial score (nSPS) is 28.0. The first kappa shape index (κ1) is 18.3. The maximum Gasteiger partial charge on any atom is 0.148 e. The molecule has 3 atom stereocenters. The highest BCUT2D eigenvalue weighted by molar-refractivity contribution is 6.33. The largest absolute Gasteiger partial charge is 0.366 e. The number of aromatic nitrogens is 2. The lowest BCUT2D eigenvalue weighted by molar-refractivity contribution is 0.226. The standard InChI is InChI=1S/C22H26ClFN4/c23-20-6-5-16(24)11-19(20)21-7-8-22(27-26-21)25-17-9-14-12-28(13-15(14)10-17)18-3-1-2-4-18/h5-8,11,14-15,17-18H,1-4,9-10,12-13H2,(H,25,27)/t14-,15+,17-. The van der Waals surface area contributed by atoms with Crippen molar-refractivity contribution in [1.29, 1.82) is 0 Å². The van der Waals surface area contributed by atoms with Gasteiger partial charge in [-0.3, -0.25) is 4.90 Å². The first-order chi connectivity index (χ1) is 13.7. The van der Waals surface area contributed by atoms with Crippen molar-refractivity contribution in [2.75, 3.05) is 18.4 Å². The molecule has 2 saturated carbocycles. The highest BCUT2D eigenvalue weighted by atomic mass is 35.5. The van der Waals surface area contributed by atoms with Gasteiger partial charge in [-0.2, -0.15) is 0 Å². The summed E-state index contributed by atoms with van der Waals surface area (Å²) in [5, 5.41) is 12.6. The Balaban J connectivity index is 1.19. The molecule has 1 aromatic heterocycles. The molecule has 0 radical (unpaired) electrons. The fraction of sp³-hybridized carbons (Fsp3) is 0.545. The minimum atomic E-state index is -0.326. The number of fused-ring (bicyclic) bond motifs is 1. The predicted octanol–water partition coefficient (Wildman–Crippen LogP) is 5.00. The summed E-state index contributed by atoms with van der Waals surface area (Å²) < 4.78 is 13.5. The fourth-order valence-electron chi connectivity index (χ4n) is 5.48. The van der Waals surface area contributed by atoms with Gasteiger partial charge in [0.05, 0.1) is 10.7 Å². The van der Waals surface area contributed by atoms with E-state index in [1.165, 1.54) is 63.7 Å². The van der Waals surface area contributed by atoms with E-state index < -0.39 is 0 Å². The van der Waals surface area contributed by atoms with Crippen LogP contribution in [0, 0.1) is 17.7 Å². The van der Waals surface area contributed by atoms with Gasteiger partial charge in [0.15, 0.2) is 0 Å². The van der Waals surface area contributed by atoms with Crippen LogP contribution >= 0.6 is 11.6 Å². The number of halogens is 2. The van der Waals surface area contributed by atoms with Gasteiger partial charge in [-0.1, -0.05) is 24.4 Å². The molecule has 28 heavy (non-hydrogen) atoms. The summed E-state index contributed by atoms with van der Waals surface area (Å²) in [6.45, 7) is 2.55. The van der Waals surface area contributed by atoms with Crippen molar-refractivity contribution in [2.45, 2.75) is 50.6 Å². The molecule has 2 heterocycles. The first-order valence-corrected chi connectivity index (χ1v) is 10.8. The number of rotatable bonds is 4. The Hall–Kier alpha value is -1.72. The van der Waals surface area contributed by atoms with Gasteiger partial charge in [-0.15, -0.1) is 10.2 Å². The maximum atomic E-state index is 13.5. The van der Waals surface area contributed by atoms with E-state index in [1.807, 2.05) is 12.1 Å². The summed E-state index contributed by atoms with van der Waals surface area (Å²) in [7, 11) is 0. The zero-order valence-corrected chi connectivity index (χ0v) is 16.7. The van der Waals surface area contributed by atoms with E-state index >= 15 is 0 Å². The van der Waals surface area contributed by atoms with Gasteiger partial charge in [0, 0.05) is 30.7 Å². The van der Waals surface area contributed by atoms with E-state index in [4.69, 9.17) is 11.6 Å². The van der Waals surface area contributed by atoms with Crippen LogP contribution in [0.5, 0.6) is 0 Å². The van der Waals surface area contributed by atoms with E-state index in [1.54, 1.807) is 6.07 Å². The van der Waals surface area contributed by atoms with Crippen LogP contribution in [0.4, 0.5) is 10.2 Å². The van der Waals surface area contributed by atoms with Crippen LogP contribution in [-0.4, -0.2) is 40.3 Å². The average Bonchev–Trinajstić information content (AvgIpc) is 3.40. The van der Waals surface area contributed by atoms with Crippen molar-refractivity contribution in [2.24, 2.45) is 11.8 Å². The van der Waals surface area contributed by atoms with Crippen LogP contribution in [0.1, 0.15) is 38.5 Å². The lowest BCUT2D eigenvalue weighted by Crippen LogP contribution is -2.33. The van der Waals surface area contributed by atoms with Gasteiger partial charge in [-0.05, 0) is 67.9 Å². The lowest BCUT2D eigenvalue weighted by atomic mass is 10.0. The Bertz CT molecular complexity index is 823. The summed E-state index contributed by atoms with van der Waals surface area (Å²) >= 11 is 6.17. The zero-order valence-electron chi connectivity index (χ0n) is 16.0. The monoisotopic (exact) mass is 400 g/mol. The van der Waals surface area contributed by atoms with Crippen LogP contribution in [0.15, 0.2) is 30.3 Å². The SMILES string of the molecule is Fc1ccc(Cl)c(-c2ccc(N[C@@H]3C[C@@H]4CN(C5CCCC5)C[C@@H]4C3)nn2)c1. The van der Waals surface area contributed by atoms with Gasteiger partial charge in [0.25, 0.3) is 0 Å². The molecular formula is C22H26ClFN4. The van der Waals surface area contributed by atoms with Crippen molar-refractivity contribution in [3.63, 3.8) is 0 Å². The summed E-state index contributed by atoms with van der Waals surface area (Å²) in [6, 6.07) is 9.39. The third-order valence-electron chi connectivity index (χ3n) is 6.84. The fourth-order valence-corrected chi connectivity index (χ4v) is 5.69. The van der Waals surface area contributed by atoms with Gasteiger partial charge in [-0.25, -0.2) is 4.39 Å². The molecule has 1 N–H and O–H groups in total. The summed E-state index contributed by atoms with van der Waals surface area (Å²) in [5.74, 6) is 2.09. The second-order valence-electron chi connectivity index (χ2n) is 8.65. The molecule has 0 unspecified atom stereocenters. The van der Waals surface area contributed by atoms with E-state index in [9.17, 15) is 4.39 Å². The Labute approximate surface area is 170 Å². The van der Waals surface area contributed by atoms with E-state index in [-0.39, 0.29) is 5.82 Å². The number of nitrogens with zero attached hydrogens (tertiary/aromatic N) is 3. The Morgan fingerprint density at radius 3 is 2.43 bits per heavy atom. The van der Waals surface area contributed by atoms with Crippen molar-refractivity contribution < 1.29 is 4.39 Å². The second kappa shape index (κ2) is 7.60. The number of nitrogens with one attached hydrogen (secondary N) is 1. The van der Waals surface area contributed by atoms with Crippen molar-refractivity contribution in [3.8, 4) is 11.3 Å². The van der Waals surface area contributed by atoms with Crippen molar-refractivity contribution >= 4 is 17.4 Å². The van der Waals surface area contributed by atoms with Crippen molar-refractivity contribution in [3.05, 3.63) is 41.2 Å². The molecule has 148 valence electrons. The number of benzene rings is 1. The van der Waals surface area contributed by atoms with E-state index in [2.05, 4.69) is 20.4 Å². The topological polar surface area (TPSA) is 41.0 Å². The highest BCUT2D eigenvalue weighted by Gasteiger charge is 2.43. The Kier molecular flexibility index (Phi) is 4.97. The first-order valence-electron chi connectivity index (χ1n) is 10.5. The molecule has 3 fully saturated rings. The number of anilines is 1. The number of hydrogen-bond donors (Lipinski definition) is 1. The molecule has 0 amide bonds. The van der Waals surface area contributed by atoms with E-state index in [0.29, 0.717) is 22.3 Å². The third-order valence-corrected chi connectivity index (χ3v) is 7.17. The number of likely N-dealkylation sites (tertiary alicyclic amines) is 1. The van der Waals surface area contributed by atoms with Crippen molar-refractivity contribution in [1.82, 2.24) is 15.1 Å². The second-order valence-corrected chi connectivity index (χ2v) is 9.06. The van der Waals surface area contributed by atoms with Gasteiger partial charge < -0.3 is 5.32 Å². The minimum absolute atomic E-state index is 0.326. The molecule has 6 heteroatoms. The highest BCUT2D eigenvalue weighted by Crippen LogP contribution is 2.41. The van der Waals surface area contributed by atoms with Gasteiger partial charge in [0.2, 0.25) is 0 Å². The summed E-state index contributed by atoms with van der Waals surface area (Å²) in [4.78, 5) is 2.76. The van der Waals surface area contributed by atoms with Crippen LogP contribution < -0.4 is 5.32 Å². The molecule has 2 aromatic rings. The Morgan fingerprint density at radius 2 is 1.75 bits per heavy atom. The zero-order chi connectivity index (χ0) is 19.1. The maximum absolute atomic E-state index is 13.5. The average molecular weight is 401 g/mol. The molecule has 1 aliphatic heterocycles. The van der Waals surface area contributed by atoms with Crippen LogP contribution in [0.25, 0.3) is 11.3 Å². The molecule has 3 aliphatic rings. The quantitative estimate of drug-likeness (QED) is 0.783. The lowest BCUT2D eigenvalue weighted by Gasteiger charge is -2.25. The molecule has 2 aliphatic carbocycles. The molecule has 1 aromatic carbocycles. The molecule has 0 spiro atoms. The molecule has 0 bridgehead atoms. The van der Waals surface area contributed by atoms with Gasteiger partial charge in [0.1, 0.15) is 11.6 Å².